The van der Waals surface area contributed by atoms with Crippen molar-refractivity contribution in [3.63, 3.8) is 0 Å². The maximum atomic E-state index is 12.3. The van der Waals surface area contributed by atoms with Crippen LogP contribution >= 0.6 is 11.3 Å². The number of nitrogens with zero attached hydrogens (tertiary/aromatic N) is 2. The Labute approximate surface area is 164 Å². The van der Waals surface area contributed by atoms with Gasteiger partial charge in [0.2, 0.25) is 0 Å². The fourth-order valence-corrected chi connectivity index (χ4v) is 4.41. The molecule has 1 N–H and O–H groups in total. The third-order valence-electron chi connectivity index (χ3n) is 4.93. The second kappa shape index (κ2) is 7.79. The number of anilines is 1. The molecule has 140 valence electrons. The van der Waals surface area contributed by atoms with Gasteiger partial charge in [-0.3, -0.25) is 4.79 Å². The number of aromatic nitrogens is 1. The van der Waals surface area contributed by atoms with E-state index in [9.17, 15) is 4.79 Å². The van der Waals surface area contributed by atoms with E-state index in [1.165, 1.54) is 10.1 Å². The Balaban J connectivity index is 1.68. The molecular weight excluding hydrogens is 354 g/mol. The average molecular weight is 380 g/mol. The number of carbonyl (C=O) groups is 1. The zero-order valence-electron chi connectivity index (χ0n) is 15.9. The van der Waals surface area contributed by atoms with E-state index in [4.69, 9.17) is 4.98 Å². The van der Waals surface area contributed by atoms with Crippen LogP contribution in [0.4, 0.5) is 5.82 Å². The molecule has 0 atom stereocenters. The molecule has 4 nitrogen and oxygen atoms in total. The lowest BCUT2D eigenvalue weighted by Crippen LogP contribution is -2.43. The van der Waals surface area contributed by atoms with E-state index in [2.05, 4.69) is 41.6 Å². The first-order valence-electron chi connectivity index (χ1n) is 9.59. The normalized spacial score (nSPS) is 14.9. The highest BCUT2D eigenvalue weighted by Crippen LogP contribution is 2.34. The molecule has 4 rings (SSSR count). The van der Waals surface area contributed by atoms with Gasteiger partial charge in [-0.05, 0) is 28.8 Å². The second-order valence-corrected chi connectivity index (χ2v) is 8.42. The Bertz CT molecular complexity index is 940. The van der Waals surface area contributed by atoms with E-state index in [0.29, 0.717) is 12.3 Å². The first kappa shape index (κ1) is 18.1. The molecule has 1 fully saturated rings. The molecule has 3 heterocycles. The van der Waals surface area contributed by atoms with Gasteiger partial charge in [0.25, 0.3) is 0 Å². The molecule has 1 aliphatic heterocycles. The van der Waals surface area contributed by atoms with Gasteiger partial charge in [-0.2, -0.15) is 0 Å². The number of hydrogen-bond donors (Lipinski definition) is 1. The predicted octanol–water partition coefficient (Wildman–Crippen LogP) is 4.60. The van der Waals surface area contributed by atoms with Gasteiger partial charge in [0, 0.05) is 43.7 Å². The number of thiophene rings is 1. The number of hydrogen-bond acceptors (Lipinski definition) is 5. The molecule has 1 aromatic carbocycles. The summed E-state index contributed by atoms with van der Waals surface area (Å²) in [6.45, 7) is 8.09. The lowest BCUT2D eigenvalue weighted by molar-refractivity contribution is 0.0968. The van der Waals surface area contributed by atoms with Crippen LogP contribution in [0.5, 0.6) is 0 Å². The number of nitrogens with one attached hydrogen (secondary N) is 1. The van der Waals surface area contributed by atoms with Crippen molar-refractivity contribution in [3.05, 3.63) is 47.3 Å². The lowest BCUT2D eigenvalue weighted by Gasteiger charge is -2.29. The number of Topliss-reactive ketones (excluding diaryl/α,β-unsaturated/α-hetero) is 1. The van der Waals surface area contributed by atoms with Gasteiger partial charge in [-0.15, -0.1) is 11.3 Å². The Morgan fingerprint density at radius 3 is 2.63 bits per heavy atom. The summed E-state index contributed by atoms with van der Waals surface area (Å²) in [5.41, 5.74) is 2.81. The molecule has 1 saturated heterocycles. The number of carbonyl (C=O) groups excluding carboxylic acids is 1. The molecule has 5 heteroatoms. The fourth-order valence-electron chi connectivity index (χ4n) is 3.51. The molecule has 0 unspecified atom stereocenters. The summed E-state index contributed by atoms with van der Waals surface area (Å²) in [5.74, 6) is 1.67. The number of fused-ring (bicyclic) bond motifs is 1. The summed E-state index contributed by atoms with van der Waals surface area (Å²) in [4.78, 5) is 19.7. The van der Waals surface area contributed by atoms with Crippen LogP contribution in [0.3, 0.4) is 0 Å². The average Bonchev–Trinajstić information content (AvgIpc) is 3.16. The number of rotatable bonds is 5. The highest BCUT2D eigenvalue weighted by molar-refractivity contribution is 7.17. The summed E-state index contributed by atoms with van der Waals surface area (Å²) < 4.78 is 1.25. The minimum atomic E-state index is 0.208. The molecule has 2 aromatic heterocycles. The zero-order chi connectivity index (χ0) is 18.8. The Hall–Kier alpha value is -2.24. The van der Waals surface area contributed by atoms with Crippen LogP contribution in [0.1, 0.15) is 30.6 Å². The van der Waals surface area contributed by atoms with Crippen molar-refractivity contribution in [3.8, 4) is 11.3 Å². The Kier molecular flexibility index (Phi) is 5.23. The number of piperazine rings is 1. The van der Waals surface area contributed by atoms with Crippen molar-refractivity contribution in [1.82, 2.24) is 10.3 Å². The minimum absolute atomic E-state index is 0.208. The highest BCUT2D eigenvalue weighted by atomic mass is 32.1. The molecule has 3 aromatic rings. The third-order valence-corrected chi connectivity index (χ3v) is 5.86. The van der Waals surface area contributed by atoms with Gasteiger partial charge in [-0.1, -0.05) is 38.1 Å². The van der Waals surface area contributed by atoms with Crippen molar-refractivity contribution < 1.29 is 4.79 Å². The smallest absolute Gasteiger partial charge is 0.163 e. The summed E-state index contributed by atoms with van der Waals surface area (Å²) in [6, 6.07) is 12.2. The number of benzene rings is 1. The van der Waals surface area contributed by atoms with Crippen molar-refractivity contribution in [2.75, 3.05) is 31.1 Å². The van der Waals surface area contributed by atoms with Crippen LogP contribution < -0.4 is 10.2 Å². The Morgan fingerprint density at radius 1 is 1.19 bits per heavy atom. The van der Waals surface area contributed by atoms with E-state index < -0.39 is 0 Å². The molecule has 0 aliphatic carbocycles. The quantitative estimate of drug-likeness (QED) is 0.658. The standard InChI is InChI=1S/C22H25N3OS/c1-15(2)13-20(26)17-5-3-16(4-6-17)19-14-18-7-12-27-21(18)22(24-19)25-10-8-23-9-11-25/h3-7,12,14-15,23H,8-11,13H2,1-2H3. The van der Waals surface area contributed by atoms with Crippen LogP contribution in [0.15, 0.2) is 41.8 Å². The van der Waals surface area contributed by atoms with E-state index in [1.807, 2.05) is 24.3 Å². The predicted molar refractivity (Wildman–Crippen MR) is 114 cm³/mol. The minimum Gasteiger partial charge on any atom is -0.353 e. The van der Waals surface area contributed by atoms with E-state index >= 15 is 0 Å². The fraction of sp³-hybridized carbons (Fsp3) is 0.364. The van der Waals surface area contributed by atoms with Gasteiger partial charge in [0.15, 0.2) is 5.78 Å². The van der Waals surface area contributed by atoms with Gasteiger partial charge in [0.1, 0.15) is 5.82 Å². The molecular formula is C22H25N3OS. The summed E-state index contributed by atoms with van der Waals surface area (Å²) in [5, 5.41) is 6.77. The summed E-state index contributed by atoms with van der Waals surface area (Å²) in [6.07, 6.45) is 0.589. The van der Waals surface area contributed by atoms with E-state index in [-0.39, 0.29) is 5.78 Å². The SMILES string of the molecule is CC(C)CC(=O)c1ccc(-c2cc3ccsc3c(N3CCNCC3)n2)cc1. The first-order chi connectivity index (χ1) is 13.1. The lowest BCUT2D eigenvalue weighted by atomic mass is 9.99. The van der Waals surface area contributed by atoms with Crippen molar-refractivity contribution in [2.24, 2.45) is 5.92 Å². The highest BCUT2D eigenvalue weighted by Gasteiger charge is 2.17. The summed E-state index contributed by atoms with van der Waals surface area (Å²) in [7, 11) is 0. The summed E-state index contributed by atoms with van der Waals surface area (Å²) >= 11 is 1.75. The molecule has 27 heavy (non-hydrogen) atoms. The zero-order valence-corrected chi connectivity index (χ0v) is 16.7. The van der Waals surface area contributed by atoms with Crippen molar-refractivity contribution >= 4 is 33.0 Å². The van der Waals surface area contributed by atoms with Crippen LogP contribution in [0, 0.1) is 5.92 Å². The van der Waals surface area contributed by atoms with E-state index in [0.717, 1.165) is 48.8 Å². The molecule has 0 amide bonds. The number of pyridine rings is 1. The molecule has 0 saturated carbocycles. The van der Waals surface area contributed by atoms with Crippen LogP contribution in [-0.4, -0.2) is 36.9 Å². The van der Waals surface area contributed by atoms with Crippen LogP contribution in [0.2, 0.25) is 0 Å². The second-order valence-electron chi connectivity index (χ2n) is 7.51. The largest absolute Gasteiger partial charge is 0.353 e. The van der Waals surface area contributed by atoms with Crippen LogP contribution in [0.25, 0.3) is 21.3 Å². The maximum Gasteiger partial charge on any atom is 0.163 e. The third kappa shape index (κ3) is 3.89. The monoisotopic (exact) mass is 379 g/mol. The first-order valence-corrected chi connectivity index (χ1v) is 10.5. The van der Waals surface area contributed by atoms with Crippen LogP contribution in [-0.2, 0) is 0 Å². The molecule has 0 radical (unpaired) electrons. The Morgan fingerprint density at radius 2 is 1.93 bits per heavy atom. The topological polar surface area (TPSA) is 45.2 Å². The van der Waals surface area contributed by atoms with Crippen molar-refractivity contribution in [1.29, 1.82) is 0 Å². The molecule has 0 bridgehead atoms. The molecule has 1 aliphatic rings. The molecule has 0 spiro atoms. The van der Waals surface area contributed by atoms with Gasteiger partial charge in [0.05, 0.1) is 10.4 Å². The van der Waals surface area contributed by atoms with E-state index in [1.54, 1.807) is 11.3 Å². The maximum absolute atomic E-state index is 12.3. The van der Waals surface area contributed by atoms with Gasteiger partial charge in [-0.25, -0.2) is 4.98 Å². The van der Waals surface area contributed by atoms with Gasteiger partial charge >= 0.3 is 0 Å². The van der Waals surface area contributed by atoms with Gasteiger partial charge < -0.3 is 10.2 Å². The van der Waals surface area contributed by atoms with Crippen molar-refractivity contribution in [2.45, 2.75) is 20.3 Å². The number of ketones is 1.